The molecule has 0 amide bonds. The van der Waals surface area contributed by atoms with Gasteiger partial charge in [-0.15, -0.1) is 0 Å². The van der Waals surface area contributed by atoms with E-state index in [4.69, 9.17) is 37.0 Å². The van der Waals surface area contributed by atoms with Crippen LogP contribution in [0.15, 0.2) is 0 Å². The molecule has 0 rings (SSSR count). The molecule has 3 N–H and O–H groups in total. The summed E-state index contributed by atoms with van der Waals surface area (Å²) >= 11 is 0. The van der Waals surface area contributed by atoms with Crippen LogP contribution in [0.4, 0.5) is 0 Å². The topological polar surface area (TPSA) is 237 Å². The van der Waals surface area contributed by atoms with E-state index in [1.165, 1.54) is 302 Å². The van der Waals surface area contributed by atoms with E-state index in [1.54, 1.807) is 0 Å². The molecule has 0 aliphatic rings. The van der Waals surface area contributed by atoms with Crippen LogP contribution in [0.5, 0.6) is 0 Å². The molecule has 5 atom stereocenters. The highest BCUT2D eigenvalue weighted by Crippen LogP contribution is 2.45. The highest BCUT2D eigenvalue weighted by atomic mass is 31.2. The zero-order valence-corrected chi connectivity index (χ0v) is 72.1. The smallest absolute Gasteiger partial charge is 0.462 e. The van der Waals surface area contributed by atoms with Crippen molar-refractivity contribution in [3.05, 3.63) is 0 Å². The van der Waals surface area contributed by atoms with Gasteiger partial charge in [0, 0.05) is 25.7 Å². The molecule has 0 aromatic heterocycles. The summed E-state index contributed by atoms with van der Waals surface area (Å²) < 4.78 is 68.9. The van der Waals surface area contributed by atoms with Crippen LogP contribution in [-0.2, 0) is 65.4 Å². The molecule has 0 aliphatic heterocycles. The van der Waals surface area contributed by atoms with E-state index in [0.29, 0.717) is 25.7 Å². The Bertz CT molecular complexity index is 2030. The van der Waals surface area contributed by atoms with Gasteiger partial charge in [0.15, 0.2) is 12.2 Å². The number of phosphoric ester groups is 2. The average Bonchev–Trinajstić information content (AvgIpc) is 0.899. The van der Waals surface area contributed by atoms with Crippen molar-refractivity contribution in [2.24, 2.45) is 5.92 Å². The quantitative estimate of drug-likeness (QED) is 0.0222. The SMILES string of the molecule is CCCCCCCCCCCCCCCCCCCCCCCC(=O)OC[C@H](COP(=O)(O)OC[C@@H](O)COP(=O)(O)OC[C@@H](COC(=O)CCCCCCCCCCCCCC)OC(=O)CCCCCCCCCCCCCCC)OC(=O)CCCCCCCCCCCCCCCCCCCCC(C)C. The van der Waals surface area contributed by atoms with Gasteiger partial charge >= 0.3 is 39.5 Å². The van der Waals surface area contributed by atoms with Gasteiger partial charge in [0.05, 0.1) is 26.4 Å². The standard InChI is InChI=1S/C88H172O17P2/c1-6-9-12-15-18-21-24-27-28-29-30-31-32-36-39-43-47-52-57-62-67-72-86(91)99-78-84(105-88(93)74-69-64-59-54-49-44-40-37-34-33-35-38-42-45-50-55-60-65-70-81(4)5)80-103-107(96,97)101-76-82(89)75-100-106(94,95)102-79-83(77-98-85(90)71-66-61-56-51-46-26-23-20-17-14-11-8-3)104-87(92)73-68-63-58-53-48-41-25-22-19-16-13-10-7-2/h81-84,89H,6-80H2,1-5H3,(H,94,95)(H,96,97)/t82-,83+,84+/m0/s1. The highest BCUT2D eigenvalue weighted by molar-refractivity contribution is 7.47. The Morgan fingerprint density at radius 1 is 0.252 bits per heavy atom. The minimum absolute atomic E-state index is 0.109. The summed E-state index contributed by atoms with van der Waals surface area (Å²) in [6, 6.07) is 0. The highest BCUT2D eigenvalue weighted by Gasteiger charge is 2.30. The zero-order chi connectivity index (χ0) is 78.3. The van der Waals surface area contributed by atoms with Crippen LogP contribution in [0.3, 0.4) is 0 Å². The molecular weight excluding hydrogens is 1390 g/mol. The molecule has 0 radical (unpaired) electrons. The molecule has 107 heavy (non-hydrogen) atoms. The van der Waals surface area contributed by atoms with Crippen LogP contribution >= 0.6 is 15.6 Å². The molecule has 0 fully saturated rings. The first-order chi connectivity index (χ1) is 52.0. The van der Waals surface area contributed by atoms with Gasteiger partial charge in [-0.05, 0) is 31.6 Å². The second-order valence-corrected chi connectivity index (χ2v) is 35.0. The zero-order valence-electron chi connectivity index (χ0n) is 70.3. The van der Waals surface area contributed by atoms with Crippen LogP contribution in [0.1, 0.15) is 478 Å². The van der Waals surface area contributed by atoms with Gasteiger partial charge in [-0.2, -0.15) is 0 Å². The summed E-state index contributed by atoms with van der Waals surface area (Å²) in [5.74, 6) is -1.28. The lowest BCUT2D eigenvalue weighted by molar-refractivity contribution is -0.161. The number of hydrogen-bond donors (Lipinski definition) is 3. The Morgan fingerprint density at radius 3 is 0.636 bits per heavy atom. The predicted octanol–water partition coefficient (Wildman–Crippen LogP) is 27.2. The molecule has 0 spiro atoms. The fraction of sp³-hybridized carbons (Fsp3) is 0.955. The van der Waals surface area contributed by atoms with Crippen LogP contribution in [0, 0.1) is 5.92 Å². The summed E-state index contributed by atoms with van der Waals surface area (Å²) in [7, 11) is -9.93. The summed E-state index contributed by atoms with van der Waals surface area (Å²) in [5.41, 5.74) is 0. The van der Waals surface area contributed by atoms with Gasteiger partial charge in [0.2, 0.25) is 0 Å². The number of unbranched alkanes of at least 4 members (excludes halogenated alkanes) is 60. The summed E-state index contributed by atoms with van der Waals surface area (Å²) in [5, 5.41) is 10.7. The van der Waals surface area contributed by atoms with E-state index in [-0.39, 0.29) is 25.7 Å². The predicted molar refractivity (Wildman–Crippen MR) is 442 cm³/mol. The maximum Gasteiger partial charge on any atom is 0.472 e. The van der Waals surface area contributed by atoms with Crippen molar-refractivity contribution in [2.75, 3.05) is 39.6 Å². The molecule has 0 aromatic carbocycles. The number of rotatable bonds is 88. The number of aliphatic hydroxyl groups excluding tert-OH is 1. The lowest BCUT2D eigenvalue weighted by Crippen LogP contribution is -2.30. The minimum atomic E-state index is -4.97. The average molecular weight is 1560 g/mol. The second kappa shape index (κ2) is 80.7. The summed E-state index contributed by atoms with van der Waals surface area (Å²) in [6.45, 7) is 7.41. The Labute approximate surface area is 658 Å². The first-order valence-electron chi connectivity index (χ1n) is 45.6. The Morgan fingerprint density at radius 2 is 0.430 bits per heavy atom. The number of carbonyl (C=O) groups is 4. The number of hydrogen-bond acceptors (Lipinski definition) is 15. The van der Waals surface area contributed by atoms with Gasteiger partial charge in [-0.1, -0.05) is 426 Å². The minimum Gasteiger partial charge on any atom is -0.462 e. The molecule has 0 heterocycles. The number of carbonyl (C=O) groups excluding carboxylic acids is 4. The maximum absolute atomic E-state index is 13.2. The van der Waals surface area contributed by atoms with Crippen molar-refractivity contribution in [2.45, 2.75) is 496 Å². The van der Waals surface area contributed by atoms with Gasteiger partial charge in [0.1, 0.15) is 19.3 Å². The molecule has 0 saturated heterocycles. The lowest BCUT2D eigenvalue weighted by Gasteiger charge is -2.21. The Hall–Kier alpha value is -1.94. The molecule has 0 aromatic rings. The van der Waals surface area contributed by atoms with E-state index in [9.17, 15) is 43.2 Å². The largest absolute Gasteiger partial charge is 0.472 e. The third kappa shape index (κ3) is 81.9. The van der Waals surface area contributed by atoms with Crippen LogP contribution in [0.2, 0.25) is 0 Å². The van der Waals surface area contributed by atoms with Crippen molar-refractivity contribution < 1.29 is 80.2 Å². The van der Waals surface area contributed by atoms with Crippen LogP contribution in [-0.4, -0.2) is 96.7 Å². The van der Waals surface area contributed by atoms with Crippen molar-refractivity contribution >= 4 is 39.5 Å². The van der Waals surface area contributed by atoms with E-state index in [1.807, 2.05) is 0 Å². The van der Waals surface area contributed by atoms with Crippen molar-refractivity contribution in [1.29, 1.82) is 0 Å². The van der Waals surface area contributed by atoms with Crippen molar-refractivity contribution in [3.63, 3.8) is 0 Å². The van der Waals surface area contributed by atoms with Crippen molar-refractivity contribution in [1.82, 2.24) is 0 Å². The van der Waals surface area contributed by atoms with Crippen molar-refractivity contribution in [3.8, 4) is 0 Å². The third-order valence-electron chi connectivity index (χ3n) is 20.8. The second-order valence-electron chi connectivity index (χ2n) is 32.1. The van der Waals surface area contributed by atoms with Gasteiger partial charge in [-0.25, -0.2) is 9.13 Å². The Balaban J connectivity index is 5.22. The van der Waals surface area contributed by atoms with Crippen LogP contribution < -0.4 is 0 Å². The van der Waals surface area contributed by atoms with Gasteiger partial charge in [-0.3, -0.25) is 37.3 Å². The normalized spacial score (nSPS) is 13.7. The molecule has 0 saturated carbocycles. The molecule has 0 aliphatic carbocycles. The molecule has 636 valence electrons. The first-order valence-corrected chi connectivity index (χ1v) is 48.6. The monoisotopic (exact) mass is 1560 g/mol. The van der Waals surface area contributed by atoms with E-state index < -0.39 is 97.5 Å². The van der Waals surface area contributed by atoms with E-state index in [0.717, 1.165) is 95.8 Å². The molecule has 2 unspecified atom stereocenters. The molecular formula is C88H172O17P2. The Kier molecular flexibility index (Phi) is 79.2. The van der Waals surface area contributed by atoms with E-state index >= 15 is 0 Å². The number of ether oxygens (including phenoxy) is 4. The molecule has 17 nitrogen and oxygen atoms in total. The fourth-order valence-corrected chi connectivity index (χ4v) is 15.4. The van der Waals surface area contributed by atoms with Gasteiger partial charge in [0.25, 0.3) is 0 Å². The van der Waals surface area contributed by atoms with Gasteiger partial charge < -0.3 is 33.8 Å². The number of esters is 4. The first kappa shape index (κ1) is 105. The number of aliphatic hydroxyl groups is 1. The number of phosphoric acid groups is 2. The van der Waals surface area contributed by atoms with Crippen LogP contribution in [0.25, 0.3) is 0 Å². The third-order valence-corrected chi connectivity index (χ3v) is 22.7. The summed E-state index contributed by atoms with van der Waals surface area (Å²) in [6.07, 6.45) is 75.0. The lowest BCUT2D eigenvalue weighted by atomic mass is 10.0. The van der Waals surface area contributed by atoms with E-state index in [2.05, 4.69) is 34.6 Å². The summed E-state index contributed by atoms with van der Waals surface area (Å²) in [4.78, 5) is 73.3. The fourth-order valence-electron chi connectivity index (χ4n) is 13.8. The molecule has 0 bridgehead atoms. The maximum atomic E-state index is 13.2. The molecule has 19 heteroatoms.